The van der Waals surface area contributed by atoms with Crippen molar-refractivity contribution >= 4 is 46.8 Å². The fourth-order valence-corrected chi connectivity index (χ4v) is 5.32. The fourth-order valence-electron chi connectivity index (χ4n) is 4.07. The van der Waals surface area contributed by atoms with Gasteiger partial charge in [-0.3, -0.25) is 14.4 Å². The number of para-hydroxylation sites is 2. The molecule has 3 aliphatic heterocycles. The molecule has 0 spiro atoms. The normalized spacial score (nSPS) is 21.8. The number of nitrogens with zero attached hydrogens (tertiary/aromatic N) is 2. The lowest BCUT2D eigenvalue weighted by atomic mass is 10.2. The van der Waals surface area contributed by atoms with E-state index >= 15 is 0 Å². The van der Waals surface area contributed by atoms with Crippen LogP contribution in [-0.2, 0) is 14.4 Å². The molecule has 8 nitrogen and oxygen atoms in total. The molecule has 3 heterocycles. The molecule has 2 aromatic carbocycles. The number of halogens is 1. The molecule has 2 unspecified atom stereocenters. The van der Waals surface area contributed by atoms with E-state index in [9.17, 15) is 14.4 Å². The molecule has 10 heteroatoms. The number of fused-ring (bicyclic) bond motifs is 2. The van der Waals surface area contributed by atoms with Gasteiger partial charge in [0.1, 0.15) is 6.61 Å². The molecule has 0 aromatic heterocycles. The standard InChI is InChI=1S/C23H22ClN3O5S/c24-14-5-6-19-15(11-14)25-22(29)20(33-19)12-21(28)26-7-9-27(10-8-26)23(30)18-13-31-16-3-1-2-4-17(16)32-18/h1-6,11,18,20H,7-10,12-13H2,(H,25,29). The molecule has 1 fully saturated rings. The number of hydrogen-bond acceptors (Lipinski definition) is 6. The minimum atomic E-state index is -0.696. The first-order valence-electron chi connectivity index (χ1n) is 10.7. The number of piperazine rings is 1. The van der Waals surface area contributed by atoms with Crippen LogP contribution in [-0.4, -0.2) is 71.7 Å². The number of nitrogens with one attached hydrogen (secondary N) is 1. The Morgan fingerprint density at radius 3 is 2.58 bits per heavy atom. The van der Waals surface area contributed by atoms with Gasteiger partial charge in [0, 0.05) is 42.5 Å². The van der Waals surface area contributed by atoms with E-state index in [0.717, 1.165) is 4.90 Å². The second-order valence-corrected chi connectivity index (χ2v) is 9.69. The van der Waals surface area contributed by atoms with Crippen LogP contribution >= 0.6 is 23.4 Å². The van der Waals surface area contributed by atoms with Gasteiger partial charge in [-0.05, 0) is 30.3 Å². The summed E-state index contributed by atoms with van der Waals surface area (Å²) in [6.45, 7) is 1.82. The van der Waals surface area contributed by atoms with Gasteiger partial charge in [0.15, 0.2) is 11.5 Å². The third kappa shape index (κ3) is 4.60. The fraction of sp³-hybridized carbons (Fsp3) is 0.348. The summed E-state index contributed by atoms with van der Waals surface area (Å²) in [6.07, 6.45) is -0.596. The van der Waals surface area contributed by atoms with Gasteiger partial charge in [-0.25, -0.2) is 0 Å². The molecule has 5 rings (SSSR count). The first-order chi connectivity index (χ1) is 16.0. The van der Waals surface area contributed by atoms with Crippen molar-refractivity contribution in [1.29, 1.82) is 0 Å². The monoisotopic (exact) mass is 487 g/mol. The zero-order valence-corrected chi connectivity index (χ0v) is 19.2. The third-order valence-electron chi connectivity index (χ3n) is 5.85. The number of rotatable bonds is 3. The summed E-state index contributed by atoms with van der Waals surface area (Å²) in [6, 6.07) is 12.6. The highest BCUT2D eigenvalue weighted by Gasteiger charge is 2.35. The third-order valence-corrected chi connectivity index (χ3v) is 7.36. The van der Waals surface area contributed by atoms with Crippen molar-refractivity contribution in [3.63, 3.8) is 0 Å². The summed E-state index contributed by atoms with van der Waals surface area (Å²) in [5, 5.41) is 2.88. The number of carbonyl (C=O) groups is 3. The Morgan fingerprint density at radius 2 is 1.79 bits per heavy atom. The van der Waals surface area contributed by atoms with Crippen molar-refractivity contribution < 1.29 is 23.9 Å². The minimum Gasteiger partial charge on any atom is -0.485 e. The van der Waals surface area contributed by atoms with Crippen molar-refractivity contribution in [2.45, 2.75) is 22.7 Å². The van der Waals surface area contributed by atoms with E-state index in [1.165, 1.54) is 11.8 Å². The van der Waals surface area contributed by atoms with Gasteiger partial charge in [0.05, 0.1) is 10.9 Å². The average Bonchev–Trinajstić information content (AvgIpc) is 2.84. The van der Waals surface area contributed by atoms with Gasteiger partial charge in [-0.1, -0.05) is 23.7 Å². The number of carbonyl (C=O) groups excluding carboxylic acids is 3. The minimum absolute atomic E-state index is 0.0988. The van der Waals surface area contributed by atoms with E-state index in [-0.39, 0.29) is 30.7 Å². The van der Waals surface area contributed by atoms with Gasteiger partial charge in [0.25, 0.3) is 5.91 Å². The number of hydrogen-bond donors (Lipinski definition) is 1. The molecule has 0 bridgehead atoms. The molecular weight excluding hydrogens is 466 g/mol. The van der Waals surface area contributed by atoms with E-state index in [0.29, 0.717) is 48.4 Å². The lowest BCUT2D eigenvalue weighted by molar-refractivity contribution is -0.146. The van der Waals surface area contributed by atoms with Crippen molar-refractivity contribution in [3.8, 4) is 11.5 Å². The summed E-state index contributed by atoms with van der Waals surface area (Å²) in [4.78, 5) is 42.5. The molecule has 33 heavy (non-hydrogen) atoms. The van der Waals surface area contributed by atoms with Crippen LogP contribution in [0.4, 0.5) is 5.69 Å². The van der Waals surface area contributed by atoms with Crippen molar-refractivity contribution in [2.24, 2.45) is 0 Å². The van der Waals surface area contributed by atoms with Crippen molar-refractivity contribution in [2.75, 3.05) is 38.1 Å². The van der Waals surface area contributed by atoms with Crippen LogP contribution in [0, 0.1) is 0 Å². The summed E-state index contributed by atoms with van der Waals surface area (Å²) in [5.74, 6) is 0.745. The van der Waals surface area contributed by atoms with E-state index in [2.05, 4.69) is 5.32 Å². The predicted octanol–water partition coefficient (Wildman–Crippen LogP) is 2.65. The van der Waals surface area contributed by atoms with E-state index in [1.54, 1.807) is 34.1 Å². The first-order valence-corrected chi connectivity index (χ1v) is 12.0. The van der Waals surface area contributed by atoms with Crippen LogP contribution in [0.2, 0.25) is 5.02 Å². The molecule has 3 aliphatic rings. The van der Waals surface area contributed by atoms with Crippen LogP contribution in [0.1, 0.15) is 6.42 Å². The van der Waals surface area contributed by atoms with Crippen LogP contribution in [0.5, 0.6) is 11.5 Å². The lowest BCUT2D eigenvalue weighted by Crippen LogP contribution is -2.55. The largest absolute Gasteiger partial charge is 0.485 e. The predicted molar refractivity (Wildman–Crippen MR) is 124 cm³/mol. The Bertz CT molecular complexity index is 1110. The topological polar surface area (TPSA) is 88.2 Å². The van der Waals surface area contributed by atoms with Crippen LogP contribution in [0.15, 0.2) is 47.4 Å². The molecule has 0 saturated carbocycles. The van der Waals surface area contributed by atoms with Crippen molar-refractivity contribution in [3.05, 3.63) is 47.5 Å². The Hall–Kier alpha value is -2.91. The van der Waals surface area contributed by atoms with Crippen molar-refractivity contribution in [1.82, 2.24) is 9.80 Å². The number of thioether (sulfide) groups is 1. The summed E-state index contributed by atoms with van der Waals surface area (Å²) >= 11 is 7.36. The maximum Gasteiger partial charge on any atom is 0.267 e. The smallest absolute Gasteiger partial charge is 0.267 e. The molecule has 3 amide bonds. The number of amides is 3. The molecule has 1 saturated heterocycles. The Balaban J connectivity index is 1.14. The van der Waals surface area contributed by atoms with Gasteiger partial charge in [-0.2, -0.15) is 0 Å². The van der Waals surface area contributed by atoms with Gasteiger partial charge in [-0.15, -0.1) is 11.8 Å². The molecule has 0 radical (unpaired) electrons. The zero-order chi connectivity index (χ0) is 22.9. The molecule has 2 atom stereocenters. The highest BCUT2D eigenvalue weighted by molar-refractivity contribution is 8.01. The molecule has 2 aromatic rings. The summed E-state index contributed by atoms with van der Waals surface area (Å²) in [7, 11) is 0. The summed E-state index contributed by atoms with van der Waals surface area (Å²) < 4.78 is 11.5. The maximum atomic E-state index is 12.9. The van der Waals surface area contributed by atoms with E-state index in [1.807, 2.05) is 18.2 Å². The summed E-state index contributed by atoms with van der Waals surface area (Å²) in [5.41, 5.74) is 0.671. The highest BCUT2D eigenvalue weighted by Crippen LogP contribution is 2.38. The Labute approximate surface area is 200 Å². The molecule has 172 valence electrons. The quantitative estimate of drug-likeness (QED) is 0.716. The number of anilines is 1. The lowest BCUT2D eigenvalue weighted by Gasteiger charge is -2.37. The maximum absolute atomic E-state index is 12.9. The molecular formula is C23H22ClN3O5S. The van der Waals surface area contributed by atoms with E-state index in [4.69, 9.17) is 21.1 Å². The average molecular weight is 488 g/mol. The SMILES string of the molecule is O=C1Nc2cc(Cl)ccc2SC1CC(=O)N1CCN(C(=O)C2COc3ccccc3O2)CC1. The number of benzene rings is 2. The van der Waals surface area contributed by atoms with E-state index < -0.39 is 11.4 Å². The second-order valence-electron chi connectivity index (χ2n) is 8.01. The zero-order valence-electron chi connectivity index (χ0n) is 17.7. The molecule has 1 N–H and O–H groups in total. The first kappa shape index (κ1) is 21.9. The van der Waals surface area contributed by atoms with Crippen LogP contribution < -0.4 is 14.8 Å². The Morgan fingerprint density at radius 1 is 1.06 bits per heavy atom. The van der Waals surface area contributed by atoms with Crippen LogP contribution in [0.3, 0.4) is 0 Å². The highest BCUT2D eigenvalue weighted by atomic mass is 35.5. The van der Waals surface area contributed by atoms with Gasteiger partial charge >= 0.3 is 0 Å². The second kappa shape index (κ2) is 9.15. The Kier molecular flexibility index (Phi) is 6.07. The molecule has 0 aliphatic carbocycles. The van der Waals surface area contributed by atoms with Crippen LogP contribution in [0.25, 0.3) is 0 Å². The van der Waals surface area contributed by atoms with Gasteiger partial charge in [0.2, 0.25) is 17.9 Å². The number of ether oxygens (including phenoxy) is 2. The van der Waals surface area contributed by atoms with Gasteiger partial charge < -0.3 is 24.6 Å².